The Morgan fingerprint density at radius 3 is 2.36 bits per heavy atom. The highest BCUT2D eigenvalue weighted by molar-refractivity contribution is 6.18. The van der Waals surface area contributed by atoms with Gasteiger partial charge in [0.2, 0.25) is 0 Å². The topological polar surface area (TPSA) is 0 Å². The van der Waals surface area contributed by atoms with Crippen LogP contribution in [0.15, 0.2) is 30.3 Å². The maximum Gasteiger partial charge on any atom is 0.0294 e. The molecule has 0 amide bonds. The monoisotopic (exact) mass is 208 g/mol. The summed E-state index contributed by atoms with van der Waals surface area (Å²) in [4.78, 5) is 0. The van der Waals surface area contributed by atoms with Crippen LogP contribution in [-0.4, -0.2) is 5.88 Å². The van der Waals surface area contributed by atoms with Crippen LogP contribution in [0.3, 0.4) is 0 Å². The zero-order chi connectivity index (χ0) is 9.80. The van der Waals surface area contributed by atoms with Crippen molar-refractivity contribution >= 4 is 11.6 Å². The van der Waals surface area contributed by atoms with Gasteiger partial charge in [-0.15, -0.1) is 11.6 Å². The van der Waals surface area contributed by atoms with Gasteiger partial charge in [-0.3, -0.25) is 0 Å². The lowest BCUT2D eigenvalue weighted by Crippen LogP contribution is -2.11. The first-order valence-electron chi connectivity index (χ1n) is 5.52. The van der Waals surface area contributed by atoms with Gasteiger partial charge in [-0.1, -0.05) is 43.2 Å². The molecule has 0 heterocycles. The Hall–Kier alpha value is -0.490. The first-order chi connectivity index (χ1) is 6.92. The molecule has 0 bridgehead atoms. The minimum Gasteiger partial charge on any atom is -0.126 e. The molecule has 1 unspecified atom stereocenters. The number of hydrogen-bond donors (Lipinski definition) is 0. The van der Waals surface area contributed by atoms with Crippen LogP contribution in [0, 0.1) is 5.92 Å². The first-order valence-corrected chi connectivity index (χ1v) is 6.06. The molecule has 76 valence electrons. The summed E-state index contributed by atoms with van der Waals surface area (Å²) in [6.07, 6.45) is 5.52. The molecule has 0 spiro atoms. The first kappa shape index (κ1) is 10.0. The SMILES string of the molecule is ClCC(c1ccccc1)C1CCCC1. The van der Waals surface area contributed by atoms with Gasteiger partial charge in [-0.25, -0.2) is 0 Å². The Kier molecular flexibility index (Phi) is 3.47. The third-order valence-electron chi connectivity index (χ3n) is 3.36. The Balaban J connectivity index is 2.12. The third kappa shape index (κ3) is 2.12. The normalized spacial score (nSPS) is 19.8. The van der Waals surface area contributed by atoms with Crippen molar-refractivity contribution in [2.45, 2.75) is 31.6 Å². The third-order valence-corrected chi connectivity index (χ3v) is 3.70. The van der Waals surface area contributed by atoms with Gasteiger partial charge < -0.3 is 0 Å². The van der Waals surface area contributed by atoms with Gasteiger partial charge >= 0.3 is 0 Å². The maximum atomic E-state index is 6.08. The second-order valence-electron chi connectivity index (χ2n) is 4.22. The van der Waals surface area contributed by atoms with Gasteiger partial charge in [0.25, 0.3) is 0 Å². The fourth-order valence-corrected chi connectivity index (χ4v) is 2.98. The molecule has 1 fully saturated rings. The lowest BCUT2D eigenvalue weighted by Gasteiger charge is -2.21. The van der Waals surface area contributed by atoms with Crippen LogP contribution in [0.5, 0.6) is 0 Å². The summed E-state index contributed by atoms with van der Waals surface area (Å²) < 4.78 is 0. The van der Waals surface area contributed by atoms with E-state index in [2.05, 4.69) is 30.3 Å². The van der Waals surface area contributed by atoms with Crippen molar-refractivity contribution in [3.8, 4) is 0 Å². The Labute approximate surface area is 91.3 Å². The van der Waals surface area contributed by atoms with E-state index in [9.17, 15) is 0 Å². The smallest absolute Gasteiger partial charge is 0.0294 e. The molecule has 1 heteroatoms. The number of hydrogen-bond acceptors (Lipinski definition) is 0. The molecule has 1 aromatic carbocycles. The van der Waals surface area contributed by atoms with E-state index in [-0.39, 0.29) is 0 Å². The van der Waals surface area contributed by atoms with E-state index in [0.717, 1.165) is 11.8 Å². The molecule has 0 saturated heterocycles. The second kappa shape index (κ2) is 4.84. The van der Waals surface area contributed by atoms with Crippen molar-refractivity contribution in [1.82, 2.24) is 0 Å². The van der Waals surface area contributed by atoms with Crippen LogP contribution in [-0.2, 0) is 0 Å². The van der Waals surface area contributed by atoms with E-state index in [1.54, 1.807) is 0 Å². The van der Waals surface area contributed by atoms with E-state index >= 15 is 0 Å². The van der Waals surface area contributed by atoms with Crippen molar-refractivity contribution in [3.63, 3.8) is 0 Å². The average Bonchev–Trinajstić information content (AvgIpc) is 2.74. The molecular weight excluding hydrogens is 192 g/mol. The summed E-state index contributed by atoms with van der Waals surface area (Å²) in [7, 11) is 0. The number of rotatable bonds is 3. The largest absolute Gasteiger partial charge is 0.126 e. The van der Waals surface area contributed by atoms with E-state index in [0.29, 0.717) is 5.92 Å². The van der Waals surface area contributed by atoms with Gasteiger partial charge in [0.05, 0.1) is 0 Å². The van der Waals surface area contributed by atoms with E-state index in [1.807, 2.05) is 0 Å². The fourth-order valence-electron chi connectivity index (χ4n) is 2.55. The lowest BCUT2D eigenvalue weighted by atomic mass is 9.86. The van der Waals surface area contributed by atoms with Crippen molar-refractivity contribution in [2.24, 2.45) is 5.92 Å². The van der Waals surface area contributed by atoms with Crippen LogP contribution in [0.2, 0.25) is 0 Å². The van der Waals surface area contributed by atoms with Gasteiger partial charge in [-0.2, -0.15) is 0 Å². The van der Waals surface area contributed by atoms with Gasteiger partial charge in [0.1, 0.15) is 0 Å². The van der Waals surface area contributed by atoms with E-state index in [1.165, 1.54) is 31.2 Å². The molecule has 2 rings (SSSR count). The molecule has 1 saturated carbocycles. The Morgan fingerprint density at radius 1 is 1.14 bits per heavy atom. The molecule has 14 heavy (non-hydrogen) atoms. The van der Waals surface area contributed by atoms with E-state index < -0.39 is 0 Å². The number of alkyl halides is 1. The summed E-state index contributed by atoms with van der Waals surface area (Å²) in [5.41, 5.74) is 1.43. The predicted molar refractivity (Wildman–Crippen MR) is 61.9 cm³/mol. The van der Waals surface area contributed by atoms with Crippen molar-refractivity contribution < 1.29 is 0 Å². The van der Waals surface area contributed by atoms with Crippen LogP contribution in [0.25, 0.3) is 0 Å². The van der Waals surface area contributed by atoms with Gasteiger partial charge in [-0.05, 0) is 24.3 Å². The minimum atomic E-state index is 0.584. The molecule has 0 N–H and O–H groups in total. The molecule has 0 aromatic heterocycles. The molecule has 1 aliphatic rings. The van der Waals surface area contributed by atoms with Gasteiger partial charge in [0.15, 0.2) is 0 Å². The average molecular weight is 209 g/mol. The molecular formula is C13H17Cl. The van der Waals surface area contributed by atoms with E-state index in [4.69, 9.17) is 11.6 Å². The highest BCUT2D eigenvalue weighted by atomic mass is 35.5. The quantitative estimate of drug-likeness (QED) is 0.654. The zero-order valence-electron chi connectivity index (χ0n) is 8.45. The zero-order valence-corrected chi connectivity index (χ0v) is 9.21. The Bertz CT molecular complexity index is 262. The predicted octanol–water partition coefficient (Wildman–Crippen LogP) is 4.20. The Morgan fingerprint density at radius 2 is 1.79 bits per heavy atom. The molecule has 1 aromatic rings. The summed E-state index contributed by atoms with van der Waals surface area (Å²) >= 11 is 6.08. The van der Waals surface area contributed by atoms with Crippen molar-refractivity contribution in [2.75, 3.05) is 5.88 Å². The summed E-state index contributed by atoms with van der Waals surface area (Å²) in [6, 6.07) is 10.7. The van der Waals surface area contributed by atoms with Crippen LogP contribution >= 0.6 is 11.6 Å². The lowest BCUT2D eigenvalue weighted by molar-refractivity contribution is 0.464. The number of benzene rings is 1. The molecule has 0 radical (unpaired) electrons. The molecule has 1 atom stereocenters. The highest BCUT2D eigenvalue weighted by Crippen LogP contribution is 2.37. The molecule has 0 aliphatic heterocycles. The van der Waals surface area contributed by atoms with Crippen LogP contribution in [0.4, 0.5) is 0 Å². The minimum absolute atomic E-state index is 0.584. The summed E-state index contributed by atoms with van der Waals surface area (Å²) in [5.74, 6) is 2.18. The summed E-state index contributed by atoms with van der Waals surface area (Å²) in [5, 5.41) is 0. The molecule has 1 aliphatic carbocycles. The van der Waals surface area contributed by atoms with Crippen molar-refractivity contribution in [3.05, 3.63) is 35.9 Å². The van der Waals surface area contributed by atoms with Crippen LogP contribution < -0.4 is 0 Å². The standard InChI is InChI=1S/C13H17Cl/c14-10-13(12-8-4-5-9-12)11-6-2-1-3-7-11/h1-3,6-7,12-13H,4-5,8-10H2. The van der Waals surface area contributed by atoms with Crippen LogP contribution in [0.1, 0.15) is 37.2 Å². The summed E-state index contributed by atoms with van der Waals surface area (Å²) in [6.45, 7) is 0. The second-order valence-corrected chi connectivity index (χ2v) is 4.52. The maximum absolute atomic E-state index is 6.08. The van der Waals surface area contributed by atoms with Crippen molar-refractivity contribution in [1.29, 1.82) is 0 Å². The molecule has 0 nitrogen and oxygen atoms in total. The number of halogens is 1. The fraction of sp³-hybridized carbons (Fsp3) is 0.538. The highest BCUT2D eigenvalue weighted by Gasteiger charge is 2.25. The van der Waals surface area contributed by atoms with Gasteiger partial charge in [0, 0.05) is 11.8 Å².